The molecule has 5 aromatic rings. The van der Waals surface area contributed by atoms with Crippen molar-refractivity contribution in [3.8, 4) is 17.2 Å². The topological polar surface area (TPSA) is 51.2 Å². The summed E-state index contributed by atoms with van der Waals surface area (Å²) in [5, 5.41) is 1.05. The van der Waals surface area contributed by atoms with E-state index < -0.39 is 11.6 Å². The Labute approximate surface area is 272 Å². The van der Waals surface area contributed by atoms with Crippen LogP contribution in [-0.4, -0.2) is 26.2 Å². The average molecular weight is 638 g/mol. The number of hydrogen-bond acceptors (Lipinski definition) is 6. The highest BCUT2D eigenvalue weighted by Gasteiger charge is 2.54. The maximum atomic E-state index is 13.6. The lowest BCUT2D eigenvalue weighted by atomic mass is 9.77. The zero-order valence-electron chi connectivity index (χ0n) is 25.0. The van der Waals surface area contributed by atoms with Crippen LogP contribution in [0.4, 0.5) is 22.7 Å². The molecule has 2 aliphatic heterocycles. The standard InChI is InChI=1S/C37H30Cl2N2O4/c1-4-40(5-2)23-18-19-26-33(20-23)44-34-22-35(43-3)32(21-27(34)37(26)25-13-7-6-12-24(25)36(42)45-37)41(30-16-10-8-14-28(30)38)31-17-11-9-15-29(31)39/h6-22H,4-5H2,1-3H3. The quantitative estimate of drug-likeness (QED) is 0.166. The van der Waals surface area contributed by atoms with Crippen LogP contribution in [0.5, 0.6) is 17.2 Å². The van der Waals surface area contributed by atoms with Gasteiger partial charge in [0, 0.05) is 47.6 Å². The van der Waals surface area contributed by atoms with E-state index in [1.807, 2.05) is 95.9 Å². The normalized spacial score (nSPS) is 15.9. The molecule has 0 radical (unpaired) electrons. The second kappa shape index (κ2) is 11.4. The minimum absolute atomic E-state index is 0.399. The number of anilines is 4. The van der Waals surface area contributed by atoms with Gasteiger partial charge in [-0.25, -0.2) is 4.79 Å². The van der Waals surface area contributed by atoms with Crippen LogP contribution in [0.1, 0.15) is 40.9 Å². The lowest BCUT2D eigenvalue weighted by molar-refractivity contribution is 0.0224. The van der Waals surface area contributed by atoms with Gasteiger partial charge in [0.1, 0.15) is 17.2 Å². The van der Waals surface area contributed by atoms with Crippen molar-refractivity contribution >= 4 is 51.9 Å². The fourth-order valence-corrected chi connectivity index (χ4v) is 6.90. The van der Waals surface area contributed by atoms with E-state index in [0.29, 0.717) is 55.5 Å². The molecule has 0 aliphatic carbocycles. The summed E-state index contributed by atoms with van der Waals surface area (Å²) in [5.74, 6) is 1.25. The van der Waals surface area contributed by atoms with Gasteiger partial charge in [0.05, 0.1) is 39.8 Å². The van der Waals surface area contributed by atoms with Crippen LogP contribution in [0.15, 0.2) is 103 Å². The second-order valence-corrected chi connectivity index (χ2v) is 11.6. The van der Waals surface area contributed by atoms with Gasteiger partial charge in [-0.15, -0.1) is 0 Å². The first-order valence-electron chi connectivity index (χ1n) is 14.8. The highest BCUT2D eigenvalue weighted by molar-refractivity contribution is 6.35. The van der Waals surface area contributed by atoms with Crippen molar-refractivity contribution in [2.24, 2.45) is 0 Å². The molecule has 0 fully saturated rings. The molecule has 1 unspecified atom stereocenters. The van der Waals surface area contributed by atoms with Gasteiger partial charge in [0.25, 0.3) is 0 Å². The smallest absolute Gasteiger partial charge is 0.340 e. The first-order valence-corrected chi connectivity index (χ1v) is 15.6. The lowest BCUT2D eigenvalue weighted by Crippen LogP contribution is -2.33. The summed E-state index contributed by atoms with van der Waals surface area (Å²) in [6, 6.07) is 32.5. The van der Waals surface area contributed by atoms with Crippen molar-refractivity contribution in [1.82, 2.24) is 0 Å². The molecule has 1 spiro atoms. The van der Waals surface area contributed by atoms with Crippen LogP contribution >= 0.6 is 23.2 Å². The van der Waals surface area contributed by atoms with E-state index in [-0.39, 0.29) is 0 Å². The third kappa shape index (κ3) is 4.51. The summed E-state index contributed by atoms with van der Waals surface area (Å²) in [7, 11) is 1.61. The molecule has 0 saturated heterocycles. The van der Waals surface area contributed by atoms with Crippen molar-refractivity contribution in [3.05, 3.63) is 135 Å². The maximum Gasteiger partial charge on any atom is 0.340 e. The first-order chi connectivity index (χ1) is 21.9. The van der Waals surface area contributed by atoms with Crippen LogP contribution < -0.4 is 19.3 Å². The SMILES string of the molecule is CCN(CC)c1ccc2c(c1)Oc1cc(OC)c(N(c3ccccc3Cl)c3ccccc3Cl)cc1C21OC(=O)c2ccccc21. The van der Waals surface area contributed by atoms with Crippen molar-refractivity contribution < 1.29 is 19.0 Å². The molecule has 7 rings (SSSR count). The van der Waals surface area contributed by atoms with Gasteiger partial charge >= 0.3 is 5.97 Å². The molecule has 8 heteroatoms. The van der Waals surface area contributed by atoms with Crippen LogP contribution in [0.25, 0.3) is 0 Å². The van der Waals surface area contributed by atoms with Crippen LogP contribution in [0.3, 0.4) is 0 Å². The molecule has 2 heterocycles. The molecule has 6 nitrogen and oxygen atoms in total. The van der Waals surface area contributed by atoms with Crippen molar-refractivity contribution in [2.75, 3.05) is 30.0 Å². The molecule has 5 aromatic carbocycles. The van der Waals surface area contributed by atoms with Gasteiger partial charge in [0.15, 0.2) is 5.60 Å². The molecule has 0 amide bonds. The number of para-hydroxylation sites is 2. The third-order valence-corrected chi connectivity index (χ3v) is 9.19. The molecular weight excluding hydrogens is 607 g/mol. The van der Waals surface area contributed by atoms with Gasteiger partial charge in [-0.1, -0.05) is 65.7 Å². The Hall–Kier alpha value is -4.65. The molecule has 45 heavy (non-hydrogen) atoms. The van der Waals surface area contributed by atoms with E-state index in [2.05, 4.69) is 24.8 Å². The first kappa shape index (κ1) is 29.1. The number of benzene rings is 5. The fourth-order valence-electron chi connectivity index (χ4n) is 6.46. The number of halogens is 2. The van der Waals surface area contributed by atoms with Gasteiger partial charge in [-0.05, 0) is 62.4 Å². The molecule has 0 saturated carbocycles. The van der Waals surface area contributed by atoms with Crippen molar-refractivity contribution in [2.45, 2.75) is 19.4 Å². The Morgan fingerprint density at radius 1 is 0.711 bits per heavy atom. The van der Waals surface area contributed by atoms with E-state index >= 15 is 0 Å². The van der Waals surface area contributed by atoms with E-state index in [0.717, 1.165) is 29.9 Å². The third-order valence-electron chi connectivity index (χ3n) is 8.55. The van der Waals surface area contributed by atoms with Crippen molar-refractivity contribution in [1.29, 1.82) is 0 Å². The predicted octanol–water partition coefficient (Wildman–Crippen LogP) is 9.89. The number of nitrogens with zero attached hydrogens (tertiary/aromatic N) is 2. The fraction of sp³-hybridized carbons (Fsp3) is 0.162. The predicted molar refractivity (Wildman–Crippen MR) is 180 cm³/mol. The molecular formula is C37H30Cl2N2O4. The number of methoxy groups -OCH3 is 1. The lowest BCUT2D eigenvalue weighted by Gasteiger charge is -2.38. The van der Waals surface area contributed by atoms with Gasteiger partial charge in [-0.2, -0.15) is 0 Å². The molecule has 226 valence electrons. The van der Waals surface area contributed by atoms with Gasteiger partial charge in [-0.3, -0.25) is 0 Å². The summed E-state index contributed by atoms with van der Waals surface area (Å²) in [4.78, 5) is 17.8. The number of ether oxygens (including phenoxy) is 3. The summed E-state index contributed by atoms with van der Waals surface area (Å²) < 4.78 is 19.2. The van der Waals surface area contributed by atoms with Crippen LogP contribution in [0, 0.1) is 0 Å². The number of carbonyl (C=O) groups is 1. The Kier molecular flexibility index (Phi) is 7.35. The van der Waals surface area contributed by atoms with Gasteiger partial charge in [0.2, 0.25) is 0 Å². The van der Waals surface area contributed by atoms with Crippen LogP contribution in [-0.2, 0) is 10.3 Å². The van der Waals surface area contributed by atoms with E-state index in [1.54, 1.807) is 13.2 Å². The minimum atomic E-state index is -1.27. The highest BCUT2D eigenvalue weighted by Crippen LogP contribution is 2.59. The van der Waals surface area contributed by atoms with E-state index in [1.165, 1.54) is 0 Å². The Morgan fingerprint density at radius 2 is 1.33 bits per heavy atom. The number of esters is 1. The highest BCUT2D eigenvalue weighted by atomic mass is 35.5. The van der Waals surface area contributed by atoms with E-state index in [4.69, 9.17) is 37.4 Å². The zero-order chi connectivity index (χ0) is 31.3. The number of carbonyl (C=O) groups excluding carboxylic acids is 1. The summed E-state index contributed by atoms with van der Waals surface area (Å²) in [6.07, 6.45) is 0. The maximum absolute atomic E-state index is 13.6. The van der Waals surface area contributed by atoms with Crippen molar-refractivity contribution in [3.63, 3.8) is 0 Å². The molecule has 0 aromatic heterocycles. The number of fused-ring (bicyclic) bond motifs is 6. The molecule has 1 atom stereocenters. The monoisotopic (exact) mass is 636 g/mol. The largest absolute Gasteiger partial charge is 0.494 e. The summed E-state index contributed by atoms with van der Waals surface area (Å²) in [5.41, 5.74) is 4.43. The summed E-state index contributed by atoms with van der Waals surface area (Å²) in [6.45, 7) is 5.91. The number of rotatable bonds is 7. The van der Waals surface area contributed by atoms with E-state index in [9.17, 15) is 4.79 Å². The van der Waals surface area contributed by atoms with Crippen LogP contribution in [0.2, 0.25) is 10.0 Å². The molecule has 0 N–H and O–H groups in total. The summed E-state index contributed by atoms with van der Waals surface area (Å²) >= 11 is 13.6. The minimum Gasteiger partial charge on any atom is -0.494 e. The van der Waals surface area contributed by atoms with Gasteiger partial charge < -0.3 is 24.0 Å². The Morgan fingerprint density at radius 3 is 1.98 bits per heavy atom. The average Bonchev–Trinajstić information content (AvgIpc) is 3.35. The number of hydrogen-bond donors (Lipinski definition) is 0. The zero-order valence-corrected chi connectivity index (χ0v) is 26.5. The molecule has 2 aliphatic rings. The second-order valence-electron chi connectivity index (χ2n) is 10.8. The Bertz CT molecular complexity index is 1910. The Balaban J connectivity index is 1.54. The molecule has 0 bridgehead atoms.